The number of nitrogens with zero attached hydrogens (tertiary/aromatic N) is 2. The zero-order chi connectivity index (χ0) is 44.0. The van der Waals surface area contributed by atoms with Gasteiger partial charge in [-0.3, -0.25) is 14.5 Å². The molecule has 4 aliphatic rings. The van der Waals surface area contributed by atoms with Crippen molar-refractivity contribution in [2.45, 2.75) is 89.5 Å². The summed E-state index contributed by atoms with van der Waals surface area (Å²) in [6.07, 6.45) is 1.14. The number of carbonyl (C=O) groups excluding carboxylic acids is 3. The van der Waals surface area contributed by atoms with E-state index >= 15 is 4.79 Å². The van der Waals surface area contributed by atoms with Crippen LogP contribution in [0.3, 0.4) is 0 Å². The highest BCUT2D eigenvalue weighted by molar-refractivity contribution is 6.16. The summed E-state index contributed by atoms with van der Waals surface area (Å²) < 4.78 is 30.3. The molecule has 63 heavy (non-hydrogen) atoms. The van der Waals surface area contributed by atoms with Crippen molar-refractivity contribution in [2.75, 3.05) is 13.7 Å². The summed E-state index contributed by atoms with van der Waals surface area (Å²) in [4.78, 5) is 46.0. The van der Waals surface area contributed by atoms with E-state index in [1.54, 1.807) is 27.9 Å². The molecule has 0 radical (unpaired) electrons. The van der Waals surface area contributed by atoms with Gasteiger partial charge in [-0.15, -0.1) is 0 Å². The highest BCUT2D eigenvalue weighted by Gasteiger charge is 2.64. The molecule has 4 aromatic carbocycles. The number of amides is 1. The Labute approximate surface area is 365 Å². The SMILES string of the molecule is COc1c([C@@H]2CCCN2Cc2ccccc2)cc(OCc2ccccc2)c2c1C[C@H]1C[C@H]3[C@H](NC(=O)OC(C)(C)C)c4onc(OCc5ccccc5)c4C(=O)[C@@]3(O)C(O)=C1C2=O. The first-order valence-corrected chi connectivity index (χ1v) is 21.5. The highest BCUT2D eigenvalue weighted by Crippen LogP contribution is 2.57. The number of fused-ring (bicyclic) bond motifs is 4. The number of Topliss-reactive ketones (excluding diaryl/α,β-unsaturated/α-hetero) is 2. The number of aromatic nitrogens is 1. The van der Waals surface area contributed by atoms with E-state index in [9.17, 15) is 19.8 Å². The largest absolute Gasteiger partial charge is 0.508 e. The van der Waals surface area contributed by atoms with Gasteiger partial charge in [-0.05, 0) is 86.8 Å². The van der Waals surface area contributed by atoms with Crippen molar-refractivity contribution in [1.29, 1.82) is 0 Å². The van der Waals surface area contributed by atoms with E-state index < -0.39 is 52.5 Å². The third-order valence-corrected chi connectivity index (χ3v) is 12.6. The van der Waals surface area contributed by atoms with Crippen molar-refractivity contribution in [3.05, 3.63) is 153 Å². The van der Waals surface area contributed by atoms with Crippen LogP contribution in [0.15, 0.2) is 113 Å². The lowest BCUT2D eigenvalue weighted by molar-refractivity contribution is -0.0420. The van der Waals surface area contributed by atoms with Crippen LogP contribution in [0, 0.1) is 11.8 Å². The van der Waals surface area contributed by atoms with Gasteiger partial charge >= 0.3 is 6.09 Å². The lowest BCUT2D eigenvalue weighted by Crippen LogP contribution is -2.60. The van der Waals surface area contributed by atoms with Gasteiger partial charge in [-0.1, -0.05) is 91.0 Å². The van der Waals surface area contributed by atoms with E-state index in [1.807, 2.05) is 84.9 Å². The molecule has 0 spiro atoms. The predicted molar refractivity (Wildman–Crippen MR) is 231 cm³/mol. The molecule has 0 unspecified atom stereocenters. The second-order valence-corrected chi connectivity index (χ2v) is 17.8. The second-order valence-electron chi connectivity index (χ2n) is 17.8. The normalized spacial score (nSPS) is 23.0. The molecular formula is C50H51N3O10. The van der Waals surface area contributed by atoms with Gasteiger partial charge in [0, 0.05) is 35.2 Å². The fourth-order valence-electron chi connectivity index (χ4n) is 9.87. The van der Waals surface area contributed by atoms with Gasteiger partial charge in [0.05, 0.1) is 12.7 Å². The Morgan fingerprint density at radius 2 is 1.56 bits per heavy atom. The average Bonchev–Trinajstić information content (AvgIpc) is 3.92. The summed E-state index contributed by atoms with van der Waals surface area (Å²) in [6, 6.07) is 29.7. The quantitative estimate of drug-likeness (QED) is 0.116. The Morgan fingerprint density at radius 3 is 2.19 bits per heavy atom. The molecule has 0 bridgehead atoms. The van der Waals surface area contributed by atoms with Crippen LogP contribution in [-0.4, -0.2) is 62.8 Å². The van der Waals surface area contributed by atoms with Crippen molar-refractivity contribution in [1.82, 2.24) is 15.4 Å². The molecule has 9 rings (SSSR count). The number of hydrogen-bond acceptors (Lipinski definition) is 12. The van der Waals surface area contributed by atoms with Crippen molar-refractivity contribution >= 4 is 17.7 Å². The maximum absolute atomic E-state index is 15.2. The fraction of sp³-hybridized carbons (Fsp3) is 0.360. The molecule has 1 aromatic heterocycles. The Hall–Kier alpha value is -6.44. The monoisotopic (exact) mass is 853 g/mol. The van der Waals surface area contributed by atoms with Crippen LogP contribution in [-0.2, 0) is 30.9 Å². The van der Waals surface area contributed by atoms with E-state index in [2.05, 4.69) is 27.5 Å². The number of ether oxygens (including phenoxy) is 4. The number of likely N-dealkylation sites (tertiary alicyclic amines) is 1. The standard InChI is InChI=1S/C50H51N3O10/c1-49(2,3)62-48(57)51-41-35-24-32-23-34-39(42(54)38(32)45(55)50(35,58)46(56)40-44(41)63-52-47(40)61-28-31-19-12-7-13-20-31)37(60-27-30-17-10-6-11-18-30)25-33(43(34)59-4)36-21-14-22-53(36)26-29-15-8-5-9-16-29/h5-13,15-20,25,32,35-36,41,55,58H,14,21-24,26-28H2,1-4H3,(H,51,57)/t32-,35-,36-,41-,50-/m0/s1. The van der Waals surface area contributed by atoms with Crippen LogP contribution in [0.4, 0.5) is 4.79 Å². The van der Waals surface area contributed by atoms with Gasteiger partial charge in [0.15, 0.2) is 17.1 Å². The van der Waals surface area contributed by atoms with Gasteiger partial charge in [0.2, 0.25) is 5.78 Å². The topological polar surface area (TPSA) is 170 Å². The number of carbonyl (C=O) groups is 3. The van der Waals surface area contributed by atoms with Crippen LogP contribution < -0.4 is 19.5 Å². The van der Waals surface area contributed by atoms with E-state index in [4.69, 9.17) is 23.5 Å². The number of ketones is 2. The summed E-state index contributed by atoms with van der Waals surface area (Å²) in [5.74, 6) is -3.73. The van der Waals surface area contributed by atoms with Gasteiger partial charge < -0.3 is 39.0 Å². The van der Waals surface area contributed by atoms with Crippen LogP contribution in [0.25, 0.3) is 0 Å². The molecule has 3 N–H and O–H groups in total. The van der Waals surface area contributed by atoms with Crippen LogP contribution in [0.1, 0.15) is 106 Å². The smallest absolute Gasteiger partial charge is 0.408 e. The summed E-state index contributed by atoms with van der Waals surface area (Å²) in [5.41, 5.74) is 0.576. The first-order valence-electron chi connectivity index (χ1n) is 21.5. The van der Waals surface area contributed by atoms with Crippen molar-refractivity contribution < 1.29 is 48.1 Å². The van der Waals surface area contributed by atoms with Crippen molar-refractivity contribution in [3.8, 4) is 17.4 Å². The van der Waals surface area contributed by atoms with E-state index in [-0.39, 0.29) is 60.4 Å². The summed E-state index contributed by atoms with van der Waals surface area (Å²) in [5, 5.41) is 32.1. The highest BCUT2D eigenvalue weighted by atomic mass is 16.6. The maximum Gasteiger partial charge on any atom is 0.408 e. The molecule has 2 heterocycles. The van der Waals surface area contributed by atoms with Crippen molar-refractivity contribution in [3.63, 3.8) is 0 Å². The molecule has 326 valence electrons. The van der Waals surface area contributed by atoms with E-state index in [0.29, 0.717) is 17.1 Å². The molecular weight excluding hydrogens is 803 g/mol. The van der Waals surface area contributed by atoms with E-state index in [1.165, 1.54) is 5.56 Å². The summed E-state index contributed by atoms with van der Waals surface area (Å²) in [7, 11) is 1.59. The van der Waals surface area contributed by atoms with Gasteiger partial charge in [0.25, 0.3) is 5.88 Å². The molecule has 3 aliphatic carbocycles. The molecule has 13 heteroatoms. The minimum Gasteiger partial charge on any atom is -0.508 e. The molecule has 5 aromatic rings. The molecule has 1 saturated heterocycles. The zero-order valence-electron chi connectivity index (χ0n) is 35.8. The first-order chi connectivity index (χ1) is 30.4. The minimum absolute atomic E-state index is 0.00395. The number of alkyl carbamates (subject to hydrolysis) is 1. The lowest BCUT2D eigenvalue weighted by Gasteiger charge is -2.48. The van der Waals surface area contributed by atoms with Crippen LogP contribution >= 0.6 is 0 Å². The fourth-order valence-corrected chi connectivity index (χ4v) is 9.87. The van der Waals surface area contributed by atoms with Crippen LogP contribution in [0.5, 0.6) is 17.4 Å². The Balaban J connectivity index is 1.15. The zero-order valence-corrected chi connectivity index (χ0v) is 35.8. The lowest BCUT2D eigenvalue weighted by atomic mass is 9.58. The van der Waals surface area contributed by atoms with Gasteiger partial charge in [0.1, 0.15) is 47.7 Å². The molecule has 1 amide bonds. The number of aliphatic hydroxyl groups is 2. The third kappa shape index (κ3) is 7.73. The number of methoxy groups -OCH3 is 1. The second kappa shape index (κ2) is 16.7. The molecule has 0 saturated carbocycles. The van der Waals surface area contributed by atoms with Gasteiger partial charge in [-0.25, -0.2) is 4.79 Å². The molecule has 1 aliphatic heterocycles. The Bertz CT molecular complexity index is 2570. The number of hydrogen-bond donors (Lipinski definition) is 3. The number of rotatable bonds is 11. The number of aliphatic hydroxyl groups excluding tert-OH is 1. The number of nitrogens with one attached hydrogen (secondary N) is 1. The van der Waals surface area contributed by atoms with Gasteiger partial charge in [-0.2, -0.15) is 0 Å². The minimum atomic E-state index is -2.70. The van der Waals surface area contributed by atoms with Crippen LogP contribution in [0.2, 0.25) is 0 Å². The third-order valence-electron chi connectivity index (χ3n) is 12.6. The Morgan fingerprint density at radius 1 is 0.921 bits per heavy atom. The first kappa shape index (κ1) is 41.9. The number of allylic oxidation sites excluding steroid dienone is 1. The Kier molecular flexibility index (Phi) is 11.1. The predicted octanol–water partition coefficient (Wildman–Crippen LogP) is 8.56. The summed E-state index contributed by atoms with van der Waals surface area (Å²) in [6.45, 7) is 6.87. The molecule has 5 atom stereocenters. The van der Waals surface area contributed by atoms with E-state index in [0.717, 1.165) is 42.6 Å². The molecule has 1 fully saturated rings. The molecule has 13 nitrogen and oxygen atoms in total. The van der Waals surface area contributed by atoms with Crippen molar-refractivity contribution in [2.24, 2.45) is 11.8 Å². The average molecular weight is 854 g/mol. The maximum atomic E-state index is 15.2. The number of benzene rings is 4. The summed E-state index contributed by atoms with van der Waals surface area (Å²) >= 11 is 0.